The molecule has 128 valence electrons. The minimum Gasteiger partial charge on any atom is -0.386 e. The number of nitrogens with zero attached hydrogens (tertiary/aromatic N) is 3. The Hall–Kier alpha value is -1.47. The summed E-state index contributed by atoms with van der Waals surface area (Å²) in [5.41, 5.74) is 2.35. The average molecular weight is 349 g/mol. The van der Waals surface area contributed by atoms with E-state index in [2.05, 4.69) is 22.6 Å². The van der Waals surface area contributed by atoms with Crippen molar-refractivity contribution in [3.05, 3.63) is 46.2 Å². The molecule has 4 rings (SSSR count). The van der Waals surface area contributed by atoms with E-state index in [0.717, 1.165) is 29.7 Å². The summed E-state index contributed by atoms with van der Waals surface area (Å²) in [6, 6.07) is 5.96. The summed E-state index contributed by atoms with van der Waals surface area (Å²) in [5, 5.41) is 22.9. The molecule has 1 spiro atoms. The molecule has 2 aromatic rings. The molecular weight excluding hydrogens is 328 g/mol. The summed E-state index contributed by atoms with van der Waals surface area (Å²) >= 11 is 6.24. The summed E-state index contributed by atoms with van der Waals surface area (Å²) < 4.78 is 7.93. The summed E-state index contributed by atoms with van der Waals surface area (Å²) in [4.78, 5) is 0. The van der Waals surface area contributed by atoms with Crippen molar-refractivity contribution in [1.29, 1.82) is 0 Å². The fourth-order valence-corrected chi connectivity index (χ4v) is 4.21. The van der Waals surface area contributed by atoms with Gasteiger partial charge in [-0.15, -0.1) is 5.10 Å². The van der Waals surface area contributed by atoms with Crippen molar-refractivity contribution >= 4 is 11.6 Å². The van der Waals surface area contributed by atoms with Gasteiger partial charge in [-0.3, -0.25) is 4.68 Å². The second-order valence-electron chi connectivity index (χ2n) is 6.90. The Kier molecular flexibility index (Phi) is 3.88. The number of halogens is 1. The van der Waals surface area contributed by atoms with Crippen LogP contribution in [0.25, 0.3) is 0 Å². The van der Waals surface area contributed by atoms with E-state index < -0.39 is 11.7 Å². The maximum Gasteiger partial charge on any atom is 0.103 e. The van der Waals surface area contributed by atoms with Crippen LogP contribution in [0.1, 0.15) is 48.7 Å². The van der Waals surface area contributed by atoms with Crippen LogP contribution in [0.5, 0.6) is 0 Å². The van der Waals surface area contributed by atoms with Crippen molar-refractivity contribution in [1.82, 2.24) is 20.3 Å². The molecule has 0 saturated carbocycles. The zero-order valence-corrected chi connectivity index (χ0v) is 14.5. The number of hydrogen-bond acceptors (Lipinski definition) is 5. The number of rotatable bonds is 1. The molecule has 0 unspecified atom stereocenters. The first-order valence-electron chi connectivity index (χ1n) is 8.21. The van der Waals surface area contributed by atoms with Crippen LogP contribution >= 0.6 is 11.6 Å². The number of aliphatic hydroxyl groups is 1. The standard InChI is InChI=1S/C17H21ClN4O2/c1-10-6-17(7-14(19-10)15-8-22(2)21-20-15)13-5-11(18)3-4-12(13)16(23)9-24-17/h3-5,8,10,14,16,19,23H,6-7,9H2,1-2H3/t10-,14-,16+,17-/m0/s1. The van der Waals surface area contributed by atoms with E-state index >= 15 is 0 Å². The summed E-state index contributed by atoms with van der Waals surface area (Å²) in [5.74, 6) is 0. The van der Waals surface area contributed by atoms with Gasteiger partial charge in [0.25, 0.3) is 0 Å². The van der Waals surface area contributed by atoms with E-state index in [9.17, 15) is 5.11 Å². The van der Waals surface area contributed by atoms with Crippen LogP contribution in [-0.4, -0.2) is 32.7 Å². The fourth-order valence-electron chi connectivity index (χ4n) is 4.04. The Morgan fingerprint density at radius 2 is 2.25 bits per heavy atom. The Morgan fingerprint density at radius 1 is 1.42 bits per heavy atom. The van der Waals surface area contributed by atoms with Crippen LogP contribution in [0.15, 0.2) is 24.4 Å². The molecular formula is C17H21ClN4O2. The van der Waals surface area contributed by atoms with Crippen molar-refractivity contribution in [2.24, 2.45) is 7.05 Å². The number of fused-ring (bicyclic) bond motifs is 2. The number of nitrogens with one attached hydrogen (secondary N) is 1. The lowest BCUT2D eigenvalue weighted by Crippen LogP contribution is -2.50. The Morgan fingerprint density at radius 3 is 3.00 bits per heavy atom. The van der Waals surface area contributed by atoms with Gasteiger partial charge >= 0.3 is 0 Å². The number of aromatic nitrogens is 3. The van der Waals surface area contributed by atoms with E-state index in [4.69, 9.17) is 16.3 Å². The highest BCUT2D eigenvalue weighted by Crippen LogP contribution is 2.48. The highest BCUT2D eigenvalue weighted by atomic mass is 35.5. The molecule has 1 aromatic heterocycles. The van der Waals surface area contributed by atoms with Crippen molar-refractivity contribution in [3.63, 3.8) is 0 Å². The lowest BCUT2D eigenvalue weighted by atomic mass is 9.74. The lowest BCUT2D eigenvalue weighted by Gasteiger charge is -2.47. The number of aliphatic hydroxyl groups excluding tert-OH is 1. The monoisotopic (exact) mass is 348 g/mol. The van der Waals surface area contributed by atoms with E-state index in [1.165, 1.54) is 0 Å². The first-order chi connectivity index (χ1) is 11.5. The molecule has 2 aliphatic rings. The molecule has 1 saturated heterocycles. The molecule has 4 atom stereocenters. The third-order valence-corrected chi connectivity index (χ3v) is 5.25. The molecule has 7 heteroatoms. The van der Waals surface area contributed by atoms with Gasteiger partial charge in [-0.1, -0.05) is 22.9 Å². The van der Waals surface area contributed by atoms with Crippen molar-refractivity contribution in [2.45, 2.75) is 43.6 Å². The van der Waals surface area contributed by atoms with Gasteiger partial charge < -0.3 is 15.2 Å². The van der Waals surface area contributed by atoms with Gasteiger partial charge in [0.15, 0.2) is 0 Å². The third kappa shape index (κ3) is 2.63. The summed E-state index contributed by atoms with van der Waals surface area (Å²) in [6.07, 6.45) is 2.88. The van der Waals surface area contributed by atoms with Crippen molar-refractivity contribution < 1.29 is 9.84 Å². The highest BCUT2D eigenvalue weighted by molar-refractivity contribution is 6.30. The molecule has 2 aliphatic heterocycles. The summed E-state index contributed by atoms with van der Waals surface area (Å²) in [6.45, 7) is 2.44. The van der Waals surface area contributed by atoms with Crippen LogP contribution in [0.3, 0.4) is 0 Å². The van der Waals surface area contributed by atoms with Crippen LogP contribution in [0.4, 0.5) is 0 Å². The molecule has 0 aliphatic carbocycles. The topological polar surface area (TPSA) is 72.2 Å². The van der Waals surface area contributed by atoms with Crippen LogP contribution < -0.4 is 5.32 Å². The van der Waals surface area contributed by atoms with E-state index in [-0.39, 0.29) is 12.1 Å². The Balaban J connectivity index is 1.76. The number of benzene rings is 1. The molecule has 0 radical (unpaired) electrons. The highest BCUT2D eigenvalue weighted by Gasteiger charge is 2.47. The normalized spacial score (nSPS) is 32.8. The quantitative estimate of drug-likeness (QED) is 0.827. The molecule has 24 heavy (non-hydrogen) atoms. The first-order valence-corrected chi connectivity index (χ1v) is 8.59. The zero-order chi connectivity index (χ0) is 16.9. The average Bonchev–Trinajstić information content (AvgIpc) is 2.98. The molecule has 0 amide bonds. The van der Waals surface area contributed by atoms with Gasteiger partial charge in [-0.25, -0.2) is 0 Å². The number of hydrogen-bond donors (Lipinski definition) is 2. The third-order valence-electron chi connectivity index (χ3n) is 5.02. The molecule has 3 heterocycles. The molecule has 2 N–H and O–H groups in total. The van der Waals surface area contributed by atoms with Gasteiger partial charge in [0.1, 0.15) is 6.10 Å². The second-order valence-corrected chi connectivity index (χ2v) is 7.33. The fraction of sp³-hybridized carbons (Fsp3) is 0.529. The maximum absolute atomic E-state index is 10.3. The minimum atomic E-state index is -0.608. The van der Waals surface area contributed by atoms with Gasteiger partial charge in [-0.05, 0) is 36.6 Å². The molecule has 6 nitrogen and oxygen atoms in total. The van der Waals surface area contributed by atoms with Crippen LogP contribution in [0.2, 0.25) is 5.02 Å². The van der Waals surface area contributed by atoms with Gasteiger partial charge in [0.05, 0.1) is 23.9 Å². The van der Waals surface area contributed by atoms with Gasteiger partial charge in [0.2, 0.25) is 0 Å². The SMILES string of the molecule is C[C@H]1C[C@@]2(C[C@@H](c3cn(C)nn3)N1)OC[C@@H](O)c1ccc(Cl)cc12. The summed E-state index contributed by atoms with van der Waals surface area (Å²) in [7, 11) is 1.86. The zero-order valence-electron chi connectivity index (χ0n) is 13.7. The molecule has 1 aromatic carbocycles. The second kappa shape index (κ2) is 5.81. The van der Waals surface area contributed by atoms with E-state index in [1.54, 1.807) is 4.68 Å². The van der Waals surface area contributed by atoms with Crippen LogP contribution in [0, 0.1) is 0 Å². The first kappa shape index (κ1) is 16.0. The van der Waals surface area contributed by atoms with E-state index in [1.807, 2.05) is 31.4 Å². The molecule has 1 fully saturated rings. The Bertz CT molecular complexity index is 765. The van der Waals surface area contributed by atoms with E-state index in [0.29, 0.717) is 11.6 Å². The Labute approximate surface area is 145 Å². The predicted molar refractivity (Wildman–Crippen MR) is 89.6 cm³/mol. The van der Waals surface area contributed by atoms with Crippen molar-refractivity contribution in [3.8, 4) is 0 Å². The smallest absolute Gasteiger partial charge is 0.103 e. The largest absolute Gasteiger partial charge is 0.386 e. The van der Waals surface area contributed by atoms with Gasteiger partial charge in [-0.2, -0.15) is 0 Å². The predicted octanol–water partition coefficient (Wildman–Crippen LogP) is 2.24. The number of ether oxygens (including phenoxy) is 1. The van der Waals surface area contributed by atoms with Gasteiger partial charge in [0, 0.05) is 30.7 Å². The molecule has 0 bridgehead atoms. The van der Waals surface area contributed by atoms with Crippen LogP contribution in [-0.2, 0) is 17.4 Å². The maximum atomic E-state index is 10.3. The van der Waals surface area contributed by atoms with Crippen molar-refractivity contribution in [2.75, 3.05) is 6.61 Å². The minimum absolute atomic E-state index is 0.0459. The number of piperidine rings is 1. The lowest BCUT2D eigenvalue weighted by molar-refractivity contribution is -0.132. The number of aryl methyl sites for hydroxylation is 1.